The summed E-state index contributed by atoms with van der Waals surface area (Å²) in [4.78, 5) is 0. The van der Waals surface area contributed by atoms with Crippen LogP contribution in [0.4, 0.5) is 0 Å². The van der Waals surface area contributed by atoms with Crippen molar-refractivity contribution < 1.29 is 0 Å². The second kappa shape index (κ2) is 8.16. The van der Waals surface area contributed by atoms with Gasteiger partial charge < -0.3 is 4.57 Å². The standard InChI is InChI=1S/C30H20BrCl2N/c1-17-6-5-7-18(2)28(17)20-11-13-26-24(14-20)23-12-10-19-8-3-4-9-22(19)30(23)34(26)27-16-21(32)15-25(31)29(27)33/h3-16H,1-2H3. The third-order valence-corrected chi connectivity index (χ3v) is 8.11. The molecule has 4 heteroatoms. The molecule has 0 aliphatic heterocycles. The van der Waals surface area contributed by atoms with Crippen LogP contribution in [0.3, 0.4) is 0 Å². The third-order valence-electron chi connectivity index (χ3n) is 6.64. The molecule has 0 atom stereocenters. The zero-order valence-electron chi connectivity index (χ0n) is 18.7. The number of aryl methyl sites for hydroxylation is 2. The van der Waals surface area contributed by atoms with E-state index in [-0.39, 0.29) is 0 Å². The van der Waals surface area contributed by atoms with Crippen molar-refractivity contribution in [1.29, 1.82) is 0 Å². The molecule has 6 aromatic rings. The Morgan fingerprint density at radius 1 is 0.706 bits per heavy atom. The van der Waals surface area contributed by atoms with Gasteiger partial charge in [0.15, 0.2) is 0 Å². The lowest BCUT2D eigenvalue weighted by molar-refractivity contribution is 1.18. The molecule has 0 aliphatic rings. The SMILES string of the molecule is Cc1cccc(C)c1-c1ccc2c(c1)c1ccc3ccccc3c1n2-c1cc(Cl)cc(Br)c1Cl. The first-order valence-electron chi connectivity index (χ1n) is 11.1. The van der Waals surface area contributed by atoms with Gasteiger partial charge in [0.1, 0.15) is 0 Å². The van der Waals surface area contributed by atoms with Crippen LogP contribution >= 0.6 is 39.1 Å². The first-order valence-corrected chi connectivity index (χ1v) is 12.7. The van der Waals surface area contributed by atoms with Gasteiger partial charge in [0.2, 0.25) is 0 Å². The molecular formula is C30H20BrCl2N. The van der Waals surface area contributed by atoms with Gasteiger partial charge in [0, 0.05) is 25.7 Å². The van der Waals surface area contributed by atoms with E-state index in [2.05, 4.69) is 107 Å². The van der Waals surface area contributed by atoms with Gasteiger partial charge in [-0.25, -0.2) is 0 Å². The maximum Gasteiger partial charge on any atom is 0.0789 e. The number of hydrogen-bond donors (Lipinski definition) is 0. The summed E-state index contributed by atoms with van der Waals surface area (Å²) in [6, 6.07) is 29.9. The molecule has 0 aliphatic carbocycles. The molecule has 1 heterocycles. The lowest BCUT2D eigenvalue weighted by Crippen LogP contribution is -1.97. The molecule has 0 radical (unpaired) electrons. The molecule has 0 bridgehead atoms. The van der Waals surface area contributed by atoms with E-state index in [1.807, 2.05) is 12.1 Å². The molecule has 6 rings (SSSR count). The molecule has 166 valence electrons. The molecule has 0 unspecified atom stereocenters. The Morgan fingerprint density at radius 3 is 2.26 bits per heavy atom. The largest absolute Gasteiger partial charge is 0.307 e. The Labute approximate surface area is 216 Å². The number of aromatic nitrogens is 1. The van der Waals surface area contributed by atoms with Crippen LogP contribution in [-0.4, -0.2) is 4.57 Å². The van der Waals surface area contributed by atoms with E-state index in [9.17, 15) is 0 Å². The maximum absolute atomic E-state index is 6.85. The van der Waals surface area contributed by atoms with Crippen LogP contribution in [0, 0.1) is 13.8 Å². The van der Waals surface area contributed by atoms with Crippen molar-refractivity contribution in [2.24, 2.45) is 0 Å². The summed E-state index contributed by atoms with van der Waals surface area (Å²) in [6.07, 6.45) is 0. The van der Waals surface area contributed by atoms with Gasteiger partial charge in [-0.2, -0.15) is 0 Å². The number of halogens is 3. The van der Waals surface area contributed by atoms with E-state index in [4.69, 9.17) is 23.2 Å². The van der Waals surface area contributed by atoms with Gasteiger partial charge in [0.05, 0.1) is 21.7 Å². The van der Waals surface area contributed by atoms with Crippen molar-refractivity contribution in [2.75, 3.05) is 0 Å². The summed E-state index contributed by atoms with van der Waals surface area (Å²) in [5.74, 6) is 0. The quantitative estimate of drug-likeness (QED) is 0.191. The summed E-state index contributed by atoms with van der Waals surface area (Å²) in [5, 5.41) is 6.01. The van der Waals surface area contributed by atoms with Gasteiger partial charge in [-0.1, -0.05) is 83.9 Å². The molecule has 0 amide bonds. The highest BCUT2D eigenvalue weighted by atomic mass is 79.9. The van der Waals surface area contributed by atoms with E-state index < -0.39 is 0 Å². The molecule has 0 saturated carbocycles. The number of benzene rings is 5. The minimum absolute atomic E-state index is 0.633. The van der Waals surface area contributed by atoms with Crippen molar-refractivity contribution in [2.45, 2.75) is 13.8 Å². The molecule has 0 spiro atoms. The predicted octanol–water partition coefficient (Wildman–Crippen LogP) is 10.3. The minimum Gasteiger partial charge on any atom is -0.307 e. The van der Waals surface area contributed by atoms with E-state index in [0.717, 1.165) is 21.2 Å². The van der Waals surface area contributed by atoms with Gasteiger partial charge in [-0.15, -0.1) is 0 Å². The fourth-order valence-electron chi connectivity index (χ4n) is 5.16. The Morgan fingerprint density at radius 2 is 1.47 bits per heavy atom. The Bertz CT molecular complexity index is 1740. The number of fused-ring (bicyclic) bond motifs is 5. The van der Waals surface area contributed by atoms with Crippen LogP contribution in [0.5, 0.6) is 0 Å². The zero-order valence-corrected chi connectivity index (χ0v) is 21.8. The first-order chi connectivity index (χ1) is 16.4. The van der Waals surface area contributed by atoms with Crippen molar-refractivity contribution in [3.63, 3.8) is 0 Å². The minimum atomic E-state index is 0.633. The van der Waals surface area contributed by atoms with Crippen molar-refractivity contribution >= 4 is 71.7 Å². The Balaban J connectivity index is 1.80. The summed E-state index contributed by atoms with van der Waals surface area (Å²) in [7, 11) is 0. The first kappa shape index (κ1) is 21.7. The average Bonchev–Trinajstić information content (AvgIpc) is 3.15. The molecular weight excluding hydrogens is 525 g/mol. The van der Waals surface area contributed by atoms with E-state index >= 15 is 0 Å². The molecule has 1 nitrogen and oxygen atoms in total. The van der Waals surface area contributed by atoms with Crippen LogP contribution in [0.15, 0.2) is 89.4 Å². The number of hydrogen-bond acceptors (Lipinski definition) is 0. The van der Waals surface area contributed by atoms with Crippen molar-refractivity contribution in [3.8, 4) is 16.8 Å². The van der Waals surface area contributed by atoms with Gasteiger partial charge in [0.25, 0.3) is 0 Å². The second-order valence-electron chi connectivity index (χ2n) is 8.74. The monoisotopic (exact) mass is 543 g/mol. The van der Waals surface area contributed by atoms with Gasteiger partial charge in [-0.05, 0) is 81.7 Å². The molecule has 0 fully saturated rings. The van der Waals surface area contributed by atoms with E-state index in [0.29, 0.717) is 10.0 Å². The van der Waals surface area contributed by atoms with Crippen LogP contribution < -0.4 is 0 Å². The van der Waals surface area contributed by atoms with Gasteiger partial charge in [-0.3, -0.25) is 0 Å². The molecule has 1 aromatic heterocycles. The fraction of sp³-hybridized carbons (Fsp3) is 0.0667. The Kier molecular flexibility index (Phi) is 5.22. The molecule has 0 saturated heterocycles. The number of rotatable bonds is 2. The van der Waals surface area contributed by atoms with Crippen molar-refractivity contribution in [1.82, 2.24) is 4.57 Å². The third kappa shape index (κ3) is 3.28. The van der Waals surface area contributed by atoms with Crippen molar-refractivity contribution in [3.05, 3.63) is 111 Å². The highest BCUT2D eigenvalue weighted by Gasteiger charge is 2.19. The number of nitrogens with zero attached hydrogens (tertiary/aromatic N) is 1. The molecule has 0 N–H and O–H groups in total. The van der Waals surface area contributed by atoms with Crippen LogP contribution in [0.2, 0.25) is 10.0 Å². The summed E-state index contributed by atoms with van der Waals surface area (Å²) < 4.78 is 3.03. The summed E-state index contributed by atoms with van der Waals surface area (Å²) in [5.41, 5.74) is 8.13. The summed E-state index contributed by atoms with van der Waals surface area (Å²) >= 11 is 16.9. The topological polar surface area (TPSA) is 4.93 Å². The predicted molar refractivity (Wildman–Crippen MR) is 151 cm³/mol. The van der Waals surface area contributed by atoms with Gasteiger partial charge >= 0.3 is 0 Å². The maximum atomic E-state index is 6.85. The fourth-order valence-corrected chi connectivity index (χ4v) is 6.15. The van der Waals surface area contributed by atoms with Crippen LogP contribution in [0.25, 0.3) is 49.4 Å². The molecule has 34 heavy (non-hydrogen) atoms. The molecule has 5 aromatic carbocycles. The average molecular weight is 545 g/mol. The lowest BCUT2D eigenvalue weighted by atomic mass is 9.94. The van der Waals surface area contributed by atoms with E-state index in [1.165, 1.54) is 43.8 Å². The van der Waals surface area contributed by atoms with Crippen LogP contribution in [0.1, 0.15) is 11.1 Å². The van der Waals surface area contributed by atoms with E-state index in [1.54, 1.807) is 0 Å². The second-order valence-corrected chi connectivity index (χ2v) is 10.4. The highest BCUT2D eigenvalue weighted by Crippen LogP contribution is 2.42. The Hall–Kier alpha value is -2.78. The highest BCUT2D eigenvalue weighted by molar-refractivity contribution is 9.10. The normalized spacial score (nSPS) is 11.7. The zero-order chi connectivity index (χ0) is 23.6. The van der Waals surface area contributed by atoms with Crippen LogP contribution in [-0.2, 0) is 0 Å². The lowest BCUT2D eigenvalue weighted by Gasteiger charge is -2.14. The smallest absolute Gasteiger partial charge is 0.0789 e. The summed E-state index contributed by atoms with van der Waals surface area (Å²) in [6.45, 7) is 4.35.